The fraction of sp³-hybridized carbons (Fsp3) is 0.167. The largest absolute Gasteiger partial charge is 0.397 e. The second-order valence-electron chi connectivity index (χ2n) is 2.70. The highest BCUT2D eigenvalue weighted by atomic mass is 32.2. The van der Waals surface area contributed by atoms with Gasteiger partial charge in [-0.25, -0.2) is 27.3 Å². The van der Waals surface area contributed by atoms with E-state index < -0.39 is 38.5 Å². The highest BCUT2D eigenvalue weighted by Gasteiger charge is 2.21. The number of anilines is 2. The minimum absolute atomic E-state index is 0.444. The van der Waals surface area contributed by atoms with Crippen LogP contribution < -0.4 is 16.6 Å². The monoisotopic (exact) mass is 238 g/mol. The molecule has 0 saturated heterocycles. The molecular weight excluding hydrogens is 230 g/mol. The zero-order valence-corrected chi connectivity index (χ0v) is 8.13. The number of nitrogen functional groups attached to an aromatic ring is 2. The molecule has 1 heterocycles. The van der Waals surface area contributed by atoms with Gasteiger partial charge in [-0.15, -0.1) is 0 Å². The molecule has 9 heteroatoms. The van der Waals surface area contributed by atoms with Gasteiger partial charge in [0.25, 0.3) is 6.43 Å². The van der Waals surface area contributed by atoms with Gasteiger partial charge in [0.1, 0.15) is 16.4 Å². The Hall–Kier alpha value is -1.48. The number of pyridine rings is 1. The fourth-order valence-corrected chi connectivity index (χ4v) is 1.74. The summed E-state index contributed by atoms with van der Waals surface area (Å²) in [4.78, 5) is 2.56. The van der Waals surface area contributed by atoms with Crippen LogP contribution in [0.15, 0.2) is 11.0 Å². The first kappa shape index (κ1) is 11.6. The summed E-state index contributed by atoms with van der Waals surface area (Å²) in [6, 6.07) is 0.723. The predicted octanol–water partition coefficient (Wildman–Crippen LogP) is -0.169. The Morgan fingerprint density at radius 2 is 1.87 bits per heavy atom. The van der Waals surface area contributed by atoms with Gasteiger partial charge in [-0.1, -0.05) is 0 Å². The molecule has 0 aliphatic carbocycles. The topological polar surface area (TPSA) is 125 Å². The van der Waals surface area contributed by atoms with Crippen LogP contribution in [0.2, 0.25) is 0 Å². The molecular formula is C6H8F2N4O2S. The zero-order valence-electron chi connectivity index (χ0n) is 7.31. The molecule has 6 N–H and O–H groups in total. The van der Waals surface area contributed by atoms with Gasteiger partial charge in [0.05, 0.1) is 5.69 Å². The van der Waals surface area contributed by atoms with Gasteiger partial charge in [-0.3, -0.25) is 0 Å². The summed E-state index contributed by atoms with van der Waals surface area (Å²) in [5.74, 6) is -0.632. The Balaban J connectivity index is 3.48. The van der Waals surface area contributed by atoms with Gasteiger partial charge in [0.2, 0.25) is 10.0 Å². The van der Waals surface area contributed by atoms with Crippen molar-refractivity contribution in [2.45, 2.75) is 11.3 Å². The van der Waals surface area contributed by atoms with E-state index in [1.165, 1.54) is 0 Å². The minimum Gasteiger partial charge on any atom is -0.397 e. The molecule has 0 atom stereocenters. The minimum atomic E-state index is -4.16. The molecule has 6 nitrogen and oxygen atoms in total. The molecule has 0 saturated carbocycles. The number of hydrogen-bond acceptors (Lipinski definition) is 5. The Morgan fingerprint density at radius 3 is 2.20 bits per heavy atom. The summed E-state index contributed by atoms with van der Waals surface area (Å²) in [6.07, 6.45) is -2.89. The maximum atomic E-state index is 12.2. The molecule has 1 aromatic rings. The third kappa shape index (κ3) is 2.30. The van der Waals surface area contributed by atoms with E-state index in [2.05, 4.69) is 4.98 Å². The molecule has 0 fully saturated rings. The lowest BCUT2D eigenvalue weighted by atomic mass is 10.3. The zero-order chi connectivity index (χ0) is 11.8. The lowest BCUT2D eigenvalue weighted by molar-refractivity contribution is 0.146. The van der Waals surface area contributed by atoms with E-state index in [0.29, 0.717) is 0 Å². The normalized spacial score (nSPS) is 12.0. The van der Waals surface area contributed by atoms with Crippen molar-refractivity contribution in [3.63, 3.8) is 0 Å². The summed E-state index contributed by atoms with van der Waals surface area (Å²) in [7, 11) is -4.16. The van der Waals surface area contributed by atoms with E-state index >= 15 is 0 Å². The first-order valence-electron chi connectivity index (χ1n) is 3.60. The second kappa shape index (κ2) is 3.59. The number of halogens is 2. The van der Waals surface area contributed by atoms with Gasteiger partial charge in [-0.2, -0.15) is 0 Å². The van der Waals surface area contributed by atoms with E-state index in [1.54, 1.807) is 0 Å². The van der Waals surface area contributed by atoms with E-state index in [-0.39, 0.29) is 0 Å². The first-order chi connectivity index (χ1) is 6.73. The molecule has 1 aromatic heterocycles. The number of rotatable bonds is 2. The molecule has 1 rings (SSSR count). The molecule has 0 unspecified atom stereocenters. The van der Waals surface area contributed by atoms with Crippen LogP contribution in [-0.2, 0) is 10.0 Å². The van der Waals surface area contributed by atoms with Crippen LogP contribution in [0, 0.1) is 0 Å². The smallest absolute Gasteiger partial charge is 0.280 e. The van der Waals surface area contributed by atoms with Gasteiger partial charge < -0.3 is 11.5 Å². The molecule has 0 radical (unpaired) electrons. The number of sulfonamides is 1. The summed E-state index contributed by atoms with van der Waals surface area (Å²) < 4.78 is 46.3. The quantitative estimate of drug-likeness (QED) is 0.659. The first-order valence-corrected chi connectivity index (χ1v) is 5.15. The SMILES string of the molecule is Nc1cc(C(F)F)nc(N)c1S(N)(=O)=O. The van der Waals surface area contributed by atoms with Gasteiger partial charge in [0, 0.05) is 0 Å². The number of nitrogens with zero attached hydrogens (tertiary/aromatic N) is 1. The Kier molecular flexibility index (Phi) is 2.77. The van der Waals surface area contributed by atoms with Crippen molar-refractivity contribution in [1.29, 1.82) is 0 Å². The highest BCUT2D eigenvalue weighted by Crippen LogP contribution is 2.27. The van der Waals surface area contributed by atoms with Crippen molar-refractivity contribution in [2.24, 2.45) is 5.14 Å². The van der Waals surface area contributed by atoms with Crippen LogP contribution in [0.4, 0.5) is 20.3 Å². The maximum absolute atomic E-state index is 12.2. The molecule has 0 amide bonds. The van der Waals surface area contributed by atoms with Crippen molar-refractivity contribution in [2.75, 3.05) is 11.5 Å². The molecule has 0 aliphatic rings. The molecule has 0 spiro atoms. The average molecular weight is 238 g/mol. The lowest BCUT2D eigenvalue weighted by Crippen LogP contribution is -2.18. The summed E-state index contributed by atoms with van der Waals surface area (Å²) in [5.41, 5.74) is 9.26. The van der Waals surface area contributed by atoms with Gasteiger partial charge in [-0.05, 0) is 6.07 Å². The van der Waals surface area contributed by atoms with Crippen LogP contribution in [0.25, 0.3) is 0 Å². The van der Waals surface area contributed by atoms with Gasteiger partial charge in [0.15, 0.2) is 0 Å². The maximum Gasteiger partial charge on any atom is 0.280 e. The highest BCUT2D eigenvalue weighted by molar-refractivity contribution is 7.89. The fourth-order valence-electron chi connectivity index (χ4n) is 1.02. The molecule has 0 aromatic carbocycles. The van der Waals surface area contributed by atoms with Crippen molar-refractivity contribution in [3.8, 4) is 0 Å². The number of primary sulfonamides is 1. The van der Waals surface area contributed by atoms with Crippen LogP contribution in [-0.4, -0.2) is 13.4 Å². The Morgan fingerprint density at radius 1 is 1.33 bits per heavy atom. The molecule has 0 aliphatic heterocycles. The van der Waals surface area contributed by atoms with Crippen LogP contribution in [0.3, 0.4) is 0 Å². The lowest BCUT2D eigenvalue weighted by Gasteiger charge is -2.08. The van der Waals surface area contributed by atoms with Crippen LogP contribution >= 0.6 is 0 Å². The average Bonchev–Trinajstić information content (AvgIpc) is 1.99. The van der Waals surface area contributed by atoms with E-state index in [1.807, 2.05) is 0 Å². The van der Waals surface area contributed by atoms with E-state index in [4.69, 9.17) is 16.6 Å². The third-order valence-corrected chi connectivity index (χ3v) is 2.57. The molecule has 15 heavy (non-hydrogen) atoms. The molecule has 0 bridgehead atoms. The van der Waals surface area contributed by atoms with Gasteiger partial charge >= 0.3 is 0 Å². The number of nitrogens with two attached hydrogens (primary N) is 3. The van der Waals surface area contributed by atoms with Crippen LogP contribution in [0.1, 0.15) is 12.1 Å². The summed E-state index contributed by atoms with van der Waals surface area (Å²) in [5, 5.41) is 4.77. The predicted molar refractivity (Wildman–Crippen MR) is 49.4 cm³/mol. The van der Waals surface area contributed by atoms with E-state index in [9.17, 15) is 17.2 Å². The Labute approximate surface area is 84.1 Å². The van der Waals surface area contributed by atoms with Crippen molar-refractivity contribution in [3.05, 3.63) is 11.8 Å². The summed E-state index contributed by atoms with van der Waals surface area (Å²) >= 11 is 0. The number of hydrogen-bond donors (Lipinski definition) is 3. The number of aromatic nitrogens is 1. The van der Waals surface area contributed by atoms with Crippen molar-refractivity contribution >= 4 is 21.5 Å². The number of alkyl halides is 2. The molecule has 84 valence electrons. The summed E-state index contributed by atoms with van der Waals surface area (Å²) in [6.45, 7) is 0. The Bertz CT molecular complexity index is 465. The van der Waals surface area contributed by atoms with E-state index in [0.717, 1.165) is 6.07 Å². The standard InChI is InChI=1S/C6H8F2N4O2S/c7-5(8)3-1-2(9)4(6(10)12-3)15(11,13)14/h1,5H,(H4,9,10,12)(H2,11,13,14). The second-order valence-corrected chi connectivity index (χ2v) is 4.19. The third-order valence-electron chi connectivity index (χ3n) is 1.56. The van der Waals surface area contributed by atoms with Crippen molar-refractivity contribution < 1.29 is 17.2 Å². The van der Waals surface area contributed by atoms with Crippen molar-refractivity contribution in [1.82, 2.24) is 4.98 Å². The van der Waals surface area contributed by atoms with Crippen LogP contribution in [0.5, 0.6) is 0 Å².